The smallest absolute Gasteiger partial charge is 0.254 e. The summed E-state index contributed by atoms with van der Waals surface area (Å²) in [6.07, 6.45) is 6.11. The van der Waals surface area contributed by atoms with E-state index >= 15 is 4.48 Å². The molecular weight excluding hydrogens is 499 g/mol. The van der Waals surface area contributed by atoms with Crippen LogP contribution in [0.1, 0.15) is 78.5 Å². The van der Waals surface area contributed by atoms with E-state index in [1.165, 1.54) is 11.3 Å². The van der Waals surface area contributed by atoms with Crippen molar-refractivity contribution in [1.29, 1.82) is 0 Å². The monoisotopic (exact) mass is 532 g/mol. The van der Waals surface area contributed by atoms with E-state index in [4.69, 9.17) is 12.2 Å². The van der Waals surface area contributed by atoms with Crippen LogP contribution in [0.15, 0.2) is 6.07 Å². The van der Waals surface area contributed by atoms with Crippen molar-refractivity contribution < 1.29 is 14.1 Å². The molecule has 0 aromatic carbocycles. The molecule has 2 aromatic rings. The first-order valence-corrected chi connectivity index (χ1v) is 14.0. The number of halogens is 1. The molecule has 5 rings (SSSR count). The Kier molecular flexibility index (Phi) is 7.04. The number of amides is 2. The molecule has 194 valence electrons. The third kappa shape index (κ3) is 5.41. The number of thiophene rings is 1. The number of anilines is 2. The highest BCUT2D eigenvalue weighted by Crippen LogP contribution is 2.40. The van der Waals surface area contributed by atoms with E-state index in [0.29, 0.717) is 40.3 Å². The van der Waals surface area contributed by atoms with Gasteiger partial charge in [0.1, 0.15) is 5.00 Å². The number of fused-ring (bicyclic) bond motifs is 1. The first-order chi connectivity index (χ1) is 17.2. The van der Waals surface area contributed by atoms with Crippen LogP contribution in [0.2, 0.25) is 0 Å². The molecule has 0 radical (unpaired) electrons. The third-order valence-corrected chi connectivity index (χ3v) is 8.44. The average Bonchev–Trinajstić information content (AvgIpc) is 3.76. The van der Waals surface area contributed by atoms with Crippen molar-refractivity contribution in [3.63, 3.8) is 0 Å². The Balaban J connectivity index is 1.32. The van der Waals surface area contributed by atoms with Gasteiger partial charge >= 0.3 is 0 Å². The highest BCUT2D eigenvalue weighted by molar-refractivity contribution is 7.80. The van der Waals surface area contributed by atoms with Gasteiger partial charge in [-0.05, 0) is 89.4 Å². The summed E-state index contributed by atoms with van der Waals surface area (Å²) in [5.41, 5.74) is 2.21. The van der Waals surface area contributed by atoms with Gasteiger partial charge in [0, 0.05) is 35.5 Å². The Bertz CT molecular complexity index is 1180. The van der Waals surface area contributed by atoms with Crippen molar-refractivity contribution in [3.8, 4) is 0 Å². The molecule has 2 saturated carbocycles. The second-order valence-corrected chi connectivity index (χ2v) is 12.0. The zero-order valence-electron chi connectivity index (χ0n) is 20.9. The van der Waals surface area contributed by atoms with Crippen molar-refractivity contribution in [3.05, 3.63) is 27.8 Å². The molecule has 2 heterocycles. The molecule has 0 spiro atoms. The van der Waals surface area contributed by atoms with Gasteiger partial charge in [-0.3, -0.25) is 9.59 Å². The maximum absolute atomic E-state index is 15.3. The van der Waals surface area contributed by atoms with Gasteiger partial charge in [-0.15, -0.1) is 16.5 Å². The fourth-order valence-electron chi connectivity index (χ4n) is 4.61. The predicted molar refractivity (Wildman–Crippen MR) is 143 cm³/mol. The molecule has 0 aliphatic heterocycles. The number of thiocarbonyl (C=S) groups is 1. The summed E-state index contributed by atoms with van der Waals surface area (Å²) in [6, 6.07) is 1.53. The highest BCUT2D eigenvalue weighted by atomic mass is 32.1. The lowest BCUT2D eigenvalue weighted by atomic mass is 9.91. The van der Waals surface area contributed by atoms with Gasteiger partial charge in [-0.1, -0.05) is 4.48 Å². The van der Waals surface area contributed by atoms with Crippen LogP contribution in [0.5, 0.6) is 0 Å². The quantitative estimate of drug-likeness (QED) is 0.344. The van der Waals surface area contributed by atoms with E-state index in [9.17, 15) is 9.59 Å². The topological polar surface area (TPSA) is 91.3 Å². The van der Waals surface area contributed by atoms with Crippen molar-refractivity contribution in [2.24, 2.45) is 11.8 Å². The summed E-state index contributed by atoms with van der Waals surface area (Å²) in [7, 11) is 0. The number of hydrogen-bond donors (Lipinski definition) is 3. The van der Waals surface area contributed by atoms with E-state index in [1.54, 1.807) is 10.7 Å². The molecule has 2 amide bonds. The number of nitrogens with one attached hydrogen (secondary N) is 3. The first-order valence-electron chi connectivity index (χ1n) is 12.8. The summed E-state index contributed by atoms with van der Waals surface area (Å²) in [5, 5.41) is 14.7. The lowest BCUT2D eigenvalue weighted by Crippen LogP contribution is -2.44. The average molecular weight is 533 g/mol. The van der Waals surface area contributed by atoms with Crippen molar-refractivity contribution >= 4 is 51.3 Å². The summed E-state index contributed by atoms with van der Waals surface area (Å²) in [4.78, 5) is 26.9. The van der Waals surface area contributed by atoms with Crippen molar-refractivity contribution in [2.75, 3.05) is 17.0 Å². The molecule has 3 N–H and O–H groups in total. The molecule has 2 fully saturated rings. The van der Waals surface area contributed by atoms with Crippen LogP contribution in [0.3, 0.4) is 0 Å². The van der Waals surface area contributed by atoms with Gasteiger partial charge in [-0.25, -0.2) is 4.68 Å². The summed E-state index contributed by atoms with van der Waals surface area (Å²) >= 11 is 6.91. The van der Waals surface area contributed by atoms with Gasteiger partial charge in [0.2, 0.25) is 11.0 Å². The molecular formula is C25H33FN6O2S2. The summed E-state index contributed by atoms with van der Waals surface area (Å²) < 4.78 is 16.9. The fourth-order valence-corrected chi connectivity index (χ4v) is 6.11. The largest absolute Gasteiger partial charge is 0.357 e. The first kappa shape index (κ1) is 25.1. The minimum absolute atomic E-state index is 0.00850. The minimum atomic E-state index is -0.142. The normalized spacial score (nSPS) is 19.1. The van der Waals surface area contributed by atoms with E-state index < -0.39 is 0 Å². The van der Waals surface area contributed by atoms with Crippen LogP contribution in [0.4, 0.5) is 15.3 Å². The zero-order chi connectivity index (χ0) is 25.6. The van der Waals surface area contributed by atoms with Gasteiger partial charge < -0.3 is 16.0 Å². The van der Waals surface area contributed by atoms with Gasteiger partial charge in [-0.2, -0.15) is 5.10 Å². The molecule has 2 aromatic heterocycles. The van der Waals surface area contributed by atoms with Crippen LogP contribution in [-0.2, 0) is 17.6 Å². The van der Waals surface area contributed by atoms with Crippen LogP contribution in [0.25, 0.3) is 0 Å². The maximum atomic E-state index is 15.3. The van der Waals surface area contributed by atoms with Crippen LogP contribution in [-0.4, -0.2) is 39.3 Å². The van der Waals surface area contributed by atoms with E-state index in [0.717, 1.165) is 49.0 Å². The number of rotatable bonds is 8. The SMILES string of the molecule is Cc1cc(N(F)C(=S)N[C@H]2CCc3sc(NC(=O)C4CC4)c(C(=O)NCC4CC4)c3C2)n(C(C)C)n1. The van der Waals surface area contributed by atoms with E-state index in [-0.39, 0.29) is 40.7 Å². The zero-order valence-corrected chi connectivity index (χ0v) is 22.5. The van der Waals surface area contributed by atoms with Crippen LogP contribution in [0, 0.1) is 18.8 Å². The predicted octanol–water partition coefficient (Wildman–Crippen LogP) is 4.45. The van der Waals surface area contributed by atoms with E-state index in [2.05, 4.69) is 21.0 Å². The van der Waals surface area contributed by atoms with Gasteiger partial charge in [0.15, 0.2) is 5.82 Å². The van der Waals surface area contributed by atoms with Crippen LogP contribution < -0.4 is 21.1 Å². The number of hydrogen-bond acceptors (Lipinski definition) is 5. The molecule has 0 saturated heterocycles. The summed E-state index contributed by atoms with van der Waals surface area (Å²) in [5.74, 6) is 0.745. The number of aromatic nitrogens is 2. The molecule has 3 aliphatic rings. The third-order valence-electron chi connectivity index (χ3n) is 6.96. The van der Waals surface area contributed by atoms with Crippen LogP contribution >= 0.6 is 23.6 Å². The Hall–Kier alpha value is -2.53. The fraction of sp³-hybridized carbons (Fsp3) is 0.600. The molecule has 8 nitrogen and oxygen atoms in total. The minimum Gasteiger partial charge on any atom is -0.357 e. The molecule has 36 heavy (non-hydrogen) atoms. The Morgan fingerprint density at radius 1 is 1.28 bits per heavy atom. The van der Waals surface area contributed by atoms with Crippen molar-refractivity contribution in [1.82, 2.24) is 20.4 Å². The Morgan fingerprint density at radius 3 is 2.69 bits per heavy atom. The lowest BCUT2D eigenvalue weighted by molar-refractivity contribution is -0.117. The van der Waals surface area contributed by atoms with E-state index in [1.807, 2.05) is 20.8 Å². The lowest BCUT2D eigenvalue weighted by Gasteiger charge is -2.27. The second kappa shape index (κ2) is 10.1. The maximum Gasteiger partial charge on any atom is 0.254 e. The number of carbonyl (C=O) groups excluding carboxylic acids is 2. The number of nitrogens with zero attached hydrogens (tertiary/aromatic N) is 3. The molecule has 0 bridgehead atoms. The standard InChI is InChI=1S/C25H33FN6O2S2/c1-13(2)32-20(10-14(3)30-32)31(26)25(35)28-17-8-9-19-18(11-17)21(23(34)27-12-15-4-5-15)24(36-19)29-22(33)16-6-7-16/h10,13,15-17H,4-9,11-12H2,1-3H3,(H,27,34)(H,28,35)(H,29,33)/t17-/m0/s1. The molecule has 3 aliphatic carbocycles. The molecule has 11 heteroatoms. The number of aryl methyl sites for hydroxylation is 2. The second-order valence-electron chi connectivity index (χ2n) is 10.5. The molecule has 0 unspecified atom stereocenters. The summed E-state index contributed by atoms with van der Waals surface area (Å²) in [6.45, 7) is 6.36. The Morgan fingerprint density at radius 2 is 2.03 bits per heavy atom. The highest BCUT2D eigenvalue weighted by Gasteiger charge is 2.35. The molecule has 1 atom stereocenters. The Labute approximate surface area is 219 Å². The number of carbonyl (C=O) groups is 2. The van der Waals surface area contributed by atoms with Crippen molar-refractivity contribution in [2.45, 2.75) is 77.8 Å². The van der Waals surface area contributed by atoms with Gasteiger partial charge in [0.05, 0.1) is 11.3 Å². The van der Waals surface area contributed by atoms with Gasteiger partial charge in [0.25, 0.3) is 5.91 Å².